The summed E-state index contributed by atoms with van der Waals surface area (Å²) in [6.07, 6.45) is 1.33. The summed E-state index contributed by atoms with van der Waals surface area (Å²) in [6.45, 7) is 5.00. The van der Waals surface area contributed by atoms with Gasteiger partial charge in [0.2, 0.25) is 0 Å². The van der Waals surface area contributed by atoms with Gasteiger partial charge in [0, 0.05) is 38.5 Å². The molecular weight excluding hydrogens is 682 g/mol. The van der Waals surface area contributed by atoms with Crippen molar-refractivity contribution in [3.63, 3.8) is 0 Å². The predicted octanol–water partition coefficient (Wildman–Crippen LogP) is 0.923. The number of Topliss-reactive ketones (excluding diaryl/α,β-unsaturated/α-hetero) is 1. The lowest BCUT2D eigenvalue weighted by Crippen LogP contribution is -2.61. The zero-order valence-corrected chi connectivity index (χ0v) is 30.1. The highest BCUT2D eigenvalue weighted by Gasteiger charge is 2.50. The van der Waals surface area contributed by atoms with Crippen LogP contribution in [0.3, 0.4) is 0 Å². The zero-order chi connectivity index (χ0) is 38.6. The molecule has 0 aliphatic carbocycles. The van der Waals surface area contributed by atoms with E-state index in [9.17, 15) is 50.1 Å². The number of carboxylic acids is 1. The van der Waals surface area contributed by atoms with E-state index in [1.807, 2.05) is 0 Å². The molecule has 3 aliphatic heterocycles. The van der Waals surface area contributed by atoms with Crippen molar-refractivity contribution in [2.24, 2.45) is 17.6 Å². The number of hydrogen-bond acceptors (Lipinski definition) is 14. The topological polar surface area (TPSA) is 256 Å². The SMILES string of the molecule is CC[C@@H]1C(=O)O[C@H](C)C/C=C/C=C/C=C/C=C/C(O[C@@H]2O[C@H](C)[C@@H](O)[C@H](N)[C@@H]2O)C[C@@H]2O[C@](O)(C[C@@H](O)CCCC(=O)C[C@H]1O)C[C@H](O)[C@H]2C(=O)O. The number of ether oxygens (including phenoxy) is 4. The minimum atomic E-state index is -2.15. The average Bonchev–Trinajstić information content (AvgIpc) is 3.04. The van der Waals surface area contributed by atoms with Crippen molar-refractivity contribution in [2.75, 3.05) is 0 Å². The Bertz CT molecular complexity index is 1290. The van der Waals surface area contributed by atoms with Crippen molar-refractivity contribution in [3.05, 3.63) is 48.6 Å². The van der Waals surface area contributed by atoms with Gasteiger partial charge in [-0.1, -0.05) is 55.5 Å². The normalized spacial score (nSPS) is 43.5. The van der Waals surface area contributed by atoms with Gasteiger partial charge in [0.25, 0.3) is 0 Å². The monoisotopic (exact) mass is 739 g/mol. The third kappa shape index (κ3) is 12.9. The number of aliphatic carboxylic acids is 1. The number of nitrogens with two attached hydrogens (primary N) is 1. The molecule has 0 aromatic rings. The van der Waals surface area contributed by atoms with Crippen molar-refractivity contribution in [2.45, 2.75) is 152 Å². The number of carboxylic acid groups (broad SMARTS) is 1. The number of carbonyl (C=O) groups excluding carboxylic acids is 2. The second kappa shape index (κ2) is 20.6. The molecule has 0 radical (unpaired) electrons. The van der Waals surface area contributed by atoms with E-state index in [0.717, 1.165) is 0 Å². The largest absolute Gasteiger partial charge is 0.481 e. The number of cyclic esters (lactones) is 1. The van der Waals surface area contributed by atoms with E-state index in [2.05, 4.69) is 0 Å². The van der Waals surface area contributed by atoms with E-state index >= 15 is 0 Å². The Morgan fingerprint density at radius 1 is 0.981 bits per heavy atom. The molecule has 15 nitrogen and oxygen atoms in total. The molecular formula is C37H57NO14. The molecule has 3 rings (SSSR count). The smallest absolute Gasteiger partial charge is 0.311 e. The van der Waals surface area contributed by atoms with E-state index in [0.29, 0.717) is 6.42 Å². The van der Waals surface area contributed by atoms with Gasteiger partial charge in [0.15, 0.2) is 12.1 Å². The number of rotatable bonds is 4. The van der Waals surface area contributed by atoms with Crippen LogP contribution in [0.25, 0.3) is 0 Å². The van der Waals surface area contributed by atoms with Crippen molar-refractivity contribution in [1.82, 2.24) is 0 Å². The fourth-order valence-electron chi connectivity index (χ4n) is 6.72. The van der Waals surface area contributed by atoms with Crippen LogP contribution in [0.2, 0.25) is 0 Å². The van der Waals surface area contributed by atoms with Gasteiger partial charge in [-0.3, -0.25) is 14.4 Å². The highest BCUT2D eigenvalue weighted by atomic mass is 16.7. The van der Waals surface area contributed by atoms with Crippen molar-refractivity contribution < 1.29 is 69.1 Å². The Morgan fingerprint density at radius 2 is 1.65 bits per heavy atom. The van der Waals surface area contributed by atoms with Crippen LogP contribution in [-0.2, 0) is 33.3 Å². The third-order valence-corrected chi connectivity index (χ3v) is 9.66. The standard InChI is InChI=1S/C37H57NO14/c1-4-26-27(41)17-23(39)14-12-15-24(40)19-37(48)20-28(42)30(34(45)46)29(52-37)18-25(51-36-33(44)31(38)32(43)22(3)50-36)16-11-9-7-5-6-8-10-13-21(2)49-35(26)47/h5-11,16,21-22,24-33,36,40-44,48H,4,12-15,17-20,38H2,1-3H3,(H,45,46)/b6-5+,9-7+,10-8+,16-11+/t21-,22-,24+,25?,26+,27-,28+,29+,30-,31+,32-,33+,36+,37-/m1/s1. The molecule has 294 valence electrons. The molecule has 15 heteroatoms. The minimum absolute atomic E-state index is 0.0197. The molecule has 2 saturated heterocycles. The number of esters is 1. The number of aliphatic hydroxyl groups is 6. The molecule has 1 unspecified atom stereocenters. The fourth-order valence-corrected chi connectivity index (χ4v) is 6.72. The zero-order valence-electron chi connectivity index (χ0n) is 30.1. The lowest BCUT2D eigenvalue weighted by Gasteiger charge is -2.45. The first-order chi connectivity index (χ1) is 24.5. The molecule has 0 amide bonds. The summed E-state index contributed by atoms with van der Waals surface area (Å²) in [5.41, 5.74) is 5.98. The van der Waals surface area contributed by atoms with E-state index in [1.165, 1.54) is 0 Å². The van der Waals surface area contributed by atoms with Crippen LogP contribution in [0.5, 0.6) is 0 Å². The maximum absolute atomic E-state index is 12.8. The lowest BCUT2D eigenvalue weighted by atomic mass is 9.83. The Morgan fingerprint density at radius 3 is 2.33 bits per heavy atom. The number of carbonyl (C=O) groups is 3. The van der Waals surface area contributed by atoms with Crippen LogP contribution in [0.1, 0.15) is 78.6 Å². The first kappa shape index (κ1) is 43.6. The first-order valence-corrected chi connectivity index (χ1v) is 18.0. The summed E-state index contributed by atoms with van der Waals surface area (Å²) in [5, 5.41) is 74.8. The maximum Gasteiger partial charge on any atom is 0.311 e. The van der Waals surface area contributed by atoms with Gasteiger partial charge in [-0.15, -0.1) is 0 Å². The molecule has 3 heterocycles. The van der Waals surface area contributed by atoms with E-state index in [4.69, 9.17) is 24.7 Å². The van der Waals surface area contributed by atoms with Crippen LogP contribution in [-0.4, -0.2) is 127 Å². The van der Waals surface area contributed by atoms with Crippen LogP contribution in [0.15, 0.2) is 48.6 Å². The predicted molar refractivity (Wildman–Crippen MR) is 186 cm³/mol. The van der Waals surface area contributed by atoms with E-state index in [1.54, 1.807) is 69.4 Å². The molecule has 9 N–H and O–H groups in total. The number of fused-ring (bicyclic) bond motifs is 2. The molecule has 0 aromatic carbocycles. The van der Waals surface area contributed by atoms with Gasteiger partial charge in [-0.2, -0.15) is 0 Å². The van der Waals surface area contributed by atoms with Crippen LogP contribution < -0.4 is 5.73 Å². The summed E-state index contributed by atoms with van der Waals surface area (Å²) in [5.74, 6) is -6.84. The summed E-state index contributed by atoms with van der Waals surface area (Å²) in [4.78, 5) is 37.8. The molecule has 0 aromatic heterocycles. The van der Waals surface area contributed by atoms with Gasteiger partial charge in [0.05, 0.1) is 54.7 Å². The van der Waals surface area contributed by atoms with Crippen molar-refractivity contribution in [1.29, 1.82) is 0 Å². The van der Waals surface area contributed by atoms with Crippen molar-refractivity contribution >= 4 is 17.7 Å². The van der Waals surface area contributed by atoms with Crippen molar-refractivity contribution in [3.8, 4) is 0 Å². The Hall–Kier alpha value is -2.83. The Labute approximate surface area is 304 Å². The highest BCUT2D eigenvalue weighted by molar-refractivity contribution is 5.80. The molecule has 0 saturated carbocycles. The van der Waals surface area contributed by atoms with E-state index in [-0.39, 0.29) is 44.3 Å². The van der Waals surface area contributed by atoms with Gasteiger partial charge < -0.3 is 60.4 Å². The number of hydrogen-bond donors (Lipinski definition) is 8. The second-order valence-electron chi connectivity index (χ2n) is 14.1. The maximum atomic E-state index is 12.8. The lowest BCUT2D eigenvalue weighted by molar-refractivity contribution is -0.308. The highest BCUT2D eigenvalue weighted by Crippen LogP contribution is 2.38. The molecule has 3 aliphatic rings. The summed E-state index contributed by atoms with van der Waals surface area (Å²) in [7, 11) is 0. The van der Waals surface area contributed by atoms with Gasteiger partial charge in [-0.05, 0) is 33.1 Å². The second-order valence-corrected chi connectivity index (χ2v) is 14.1. The average molecular weight is 740 g/mol. The van der Waals surface area contributed by atoms with Gasteiger partial charge in [0.1, 0.15) is 23.9 Å². The van der Waals surface area contributed by atoms with Crippen LogP contribution in [0, 0.1) is 11.8 Å². The number of ketones is 1. The Kier molecular flexibility index (Phi) is 17.2. The molecule has 2 fully saturated rings. The van der Waals surface area contributed by atoms with E-state index < -0.39 is 110 Å². The molecule has 0 spiro atoms. The first-order valence-electron chi connectivity index (χ1n) is 18.0. The minimum Gasteiger partial charge on any atom is -0.481 e. The summed E-state index contributed by atoms with van der Waals surface area (Å²) >= 11 is 0. The fraction of sp³-hybridized carbons (Fsp3) is 0.703. The van der Waals surface area contributed by atoms with Gasteiger partial charge >= 0.3 is 11.9 Å². The van der Waals surface area contributed by atoms with Crippen LogP contribution >= 0.6 is 0 Å². The number of aliphatic hydroxyl groups excluding tert-OH is 5. The molecule has 52 heavy (non-hydrogen) atoms. The molecule has 14 atom stereocenters. The summed E-state index contributed by atoms with van der Waals surface area (Å²) in [6, 6.07) is -1.10. The number of allylic oxidation sites excluding steroid dienone is 6. The summed E-state index contributed by atoms with van der Waals surface area (Å²) < 4.78 is 23.1. The third-order valence-electron chi connectivity index (χ3n) is 9.66. The van der Waals surface area contributed by atoms with Gasteiger partial charge in [-0.25, -0.2) is 0 Å². The Balaban J connectivity index is 1.88. The molecule has 2 bridgehead atoms. The quantitative estimate of drug-likeness (QED) is 0.187. The van der Waals surface area contributed by atoms with Crippen LogP contribution in [0.4, 0.5) is 0 Å².